The number of hydrogen-bond donors (Lipinski definition) is 1. The van der Waals surface area contributed by atoms with Crippen molar-refractivity contribution in [2.75, 3.05) is 5.32 Å². The summed E-state index contributed by atoms with van der Waals surface area (Å²) in [4.78, 5) is 15.0. The summed E-state index contributed by atoms with van der Waals surface area (Å²) in [6.45, 7) is 2.28. The van der Waals surface area contributed by atoms with Crippen LogP contribution >= 0.6 is 0 Å². The van der Waals surface area contributed by atoms with E-state index in [0.29, 0.717) is 12.1 Å². The van der Waals surface area contributed by atoms with Gasteiger partial charge in [0.05, 0.1) is 0 Å². The van der Waals surface area contributed by atoms with Gasteiger partial charge in [-0.1, -0.05) is 110 Å². The van der Waals surface area contributed by atoms with E-state index in [1.807, 2.05) is 0 Å². The summed E-state index contributed by atoms with van der Waals surface area (Å²) in [5.41, 5.74) is 1.24. The van der Waals surface area contributed by atoms with Crippen LogP contribution in [0.3, 0.4) is 0 Å². The van der Waals surface area contributed by atoms with Crippen LogP contribution in [0.4, 0.5) is 11.4 Å². The van der Waals surface area contributed by atoms with Crippen LogP contribution in [0.25, 0.3) is 4.98 Å². The van der Waals surface area contributed by atoms with Gasteiger partial charge in [-0.3, -0.25) is 4.79 Å². The van der Waals surface area contributed by atoms with Crippen LogP contribution < -0.4 is 5.32 Å². The Hall–Kier alpha value is -1.89. The first-order valence-corrected chi connectivity index (χ1v) is 12.5. The third kappa shape index (κ3) is 15.0. The van der Waals surface area contributed by atoms with Gasteiger partial charge in [-0.25, -0.2) is 0 Å². The van der Waals surface area contributed by atoms with E-state index in [9.17, 15) is 4.79 Å². The van der Waals surface area contributed by atoms with Gasteiger partial charge in [0.2, 0.25) is 11.3 Å². The predicted molar refractivity (Wildman–Crippen MR) is 129 cm³/mol. The highest BCUT2D eigenvalue weighted by Crippen LogP contribution is 2.17. The summed E-state index contributed by atoms with van der Waals surface area (Å²) in [7, 11) is 0. The van der Waals surface area contributed by atoms with Crippen molar-refractivity contribution in [2.24, 2.45) is 0 Å². The van der Waals surface area contributed by atoms with E-state index in [1.54, 1.807) is 24.3 Å². The lowest BCUT2D eigenvalue weighted by atomic mass is 10.0. The molecule has 0 aliphatic rings. The Labute approximate surface area is 184 Å². The topological polar surface area (TPSA) is 57.2 Å². The van der Waals surface area contributed by atoms with Crippen LogP contribution in [-0.2, 0) is 4.79 Å². The number of diazo groups is 1. The molecule has 0 bridgehead atoms. The van der Waals surface area contributed by atoms with E-state index in [2.05, 4.69) is 17.2 Å². The summed E-state index contributed by atoms with van der Waals surface area (Å²) >= 11 is 0. The second kappa shape index (κ2) is 19.1. The molecule has 1 N–H and O–H groups in total. The van der Waals surface area contributed by atoms with Gasteiger partial charge in [-0.15, -0.1) is 0 Å². The van der Waals surface area contributed by atoms with Crippen LogP contribution in [0.5, 0.6) is 0 Å². The molecule has 4 nitrogen and oxygen atoms in total. The second-order valence-corrected chi connectivity index (χ2v) is 8.60. The minimum atomic E-state index is 0.0599. The molecule has 1 amide bonds. The van der Waals surface area contributed by atoms with E-state index in [4.69, 9.17) is 5.39 Å². The van der Waals surface area contributed by atoms with E-state index < -0.39 is 0 Å². The third-order valence-corrected chi connectivity index (χ3v) is 5.77. The fraction of sp³-hybridized carbons (Fsp3) is 0.731. The van der Waals surface area contributed by atoms with Crippen molar-refractivity contribution in [1.82, 2.24) is 0 Å². The molecule has 0 aliphatic carbocycles. The van der Waals surface area contributed by atoms with Crippen molar-refractivity contribution in [3.8, 4) is 0 Å². The predicted octanol–water partition coefficient (Wildman–Crippen LogP) is 9.15. The first kappa shape index (κ1) is 26.1. The summed E-state index contributed by atoms with van der Waals surface area (Å²) in [6, 6.07) is 6.85. The maximum Gasteiger partial charge on any atom is 0.385 e. The summed E-state index contributed by atoms with van der Waals surface area (Å²) in [6.07, 6.45) is 23.5. The SMILES string of the molecule is CCCCCCCCCCCCCCCCCCCC(=O)Nc1ccc([N+]#N)cc1. The average molecular weight is 415 g/mol. The molecular formula is C26H44N3O+. The molecule has 0 heterocycles. The van der Waals surface area contributed by atoms with Crippen LogP contribution in [0.15, 0.2) is 24.3 Å². The van der Waals surface area contributed by atoms with Gasteiger partial charge in [0.1, 0.15) is 0 Å². The number of amides is 1. The van der Waals surface area contributed by atoms with Gasteiger partial charge in [0.25, 0.3) is 0 Å². The Morgan fingerprint density at radius 2 is 1.10 bits per heavy atom. The van der Waals surface area contributed by atoms with Crippen molar-refractivity contribution >= 4 is 17.3 Å². The summed E-state index contributed by atoms with van der Waals surface area (Å²) in [5, 5.41) is 11.5. The zero-order valence-corrected chi connectivity index (χ0v) is 19.3. The van der Waals surface area contributed by atoms with E-state index in [-0.39, 0.29) is 5.91 Å². The lowest BCUT2D eigenvalue weighted by Gasteiger charge is -2.05. The first-order valence-electron chi connectivity index (χ1n) is 12.5. The molecule has 0 aliphatic heterocycles. The van der Waals surface area contributed by atoms with Gasteiger partial charge in [0, 0.05) is 24.2 Å². The molecule has 0 saturated heterocycles. The molecule has 1 rings (SSSR count). The first-order chi connectivity index (χ1) is 14.8. The summed E-state index contributed by atoms with van der Waals surface area (Å²) in [5.74, 6) is 0.0599. The number of nitrogens with zero attached hydrogens (tertiary/aromatic N) is 2. The molecule has 0 radical (unpaired) electrons. The molecule has 0 fully saturated rings. The molecule has 0 atom stereocenters. The van der Waals surface area contributed by atoms with Gasteiger partial charge in [-0.2, -0.15) is 0 Å². The monoisotopic (exact) mass is 414 g/mol. The van der Waals surface area contributed by atoms with Gasteiger partial charge >= 0.3 is 5.69 Å². The molecule has 0 saturated carbocycles. The highest BCUT2D eigenvalue weighted by Gasteiger charge is 2.05. The maximum absolute atomic E-state index is 11.9. The highest BCUT2D eigenvalue weighted by atomic mass is 16.1. The van der Waals surface area contributed by atoms with E-state index >= 15 is 0 Å². The molecule has 1 aromatic rings. The van der Waals surface area contributed by atoms with E-state index in [1.165, 1.54) is 96.3 Å². The molecule has 0 spiro atoms. The quantitative estimate of drug-likeness (QED) is 0.181. The minimum absolute atomic E-state index is 0.0599. The van der Waals surface area contributed by atoms with Crippen LogP contribution in [-0.4, -0.2) is 5.91 Å². The Morgan fingerprint density at radius 3 is 1.50 bits per heavy atom. The Morgan fingerprint density at radius 1 is 0.700 bits per heavy atom. The molecular weight excluding hydrogens is 370 g/mol. The number of hydrogen-bond acceptors (Lipinski definition) is 2. The fourth-order valence-corrected chi connectivity index (χ4v) is 3.85. The molecule has 168 valence electrons. The highest BCUT2D eigenvalue weighted by molar-refractivity contribution is 5.90. The zero-order chi connectivity index (χ0) is 21.7. The van der Waals surface area contributed by atoms with Gasteiger partial charge in [-0.05, 0) is 18.6 Å². The lowest BCUT2D eigenvalue weighted by Crippen LogP contribution is -2.10. The van der Waals surface area contributed by atoms with Crippen LogP contribution in [0, 0.1) is 5.39 Å². The lowest BCUT2D eigenvalue weighted by molar-refractivity contribution is -0.116. The van der Waals surface area contributed by atoms with Crippen molar-refractivity contribution in [3.63, 3.8) is 0 Å². The van der Waals surface area contributed by atoms with Crippen molar-refractivity contribution in [2.45, 2.75) is 122 Å². The second-order valence-electron chi connectivity index (χ2n) is 8.60. The number of carbonyl (C=O) groups is 1. The summed E-state index contributed by atoms with van der Waals surface area (Å²) < 4.78 is 0. The number of anilines is 1. The minimum Gasteiger partial charge on any atom is -0.326 e. The smallest absolute Gasteiger partial charge is 0.326 e. The number of rotatable bonds is 19. The van der Waals surface area contributed by atoms with Crippen molar-refractivity contribution in [3.05, 3.63) is 29.2 Å². The average Bonchev–Trinajstić information content (AvgIpc) is 2.76. The number of nitrogens with one attached hydrogen (secondary N) is 1. The number of benzene rings is 1. The molecule has 4 heteroatoms. The Kier molecular flexibility index (Phi) is 16.6. The largest absolute Gasteiger partial charge is 0.385 e. The van der Waals surface area contributed by atoms with Crippen LogP contribution in [0.1, 0.15) is 122 Å². The normalized spacial score (nSPS) is 10.7. The Bertz CT molecular complexity index is 577. The Balaban J connectivity index is 1.81. The van der Waals surface area contributed by atoms with Crippen LogP contribution in [0.2, 0.25) is 0 Å². The number of unbranched alkanes of at least 4 members (excludes halogenated alkanes) is 16. The number of carbonyl (C=O) groups excluding carboxylic acids is 1. The molecule has 30 heavy (non-hydrogen) atoms. The fourth-order valence-electron chi connectivity index (χ4n) is 3.85. The van der Waals surface area contributed by atoms with E-state index in [0.717, 1.165) is 18.5 Å². The molecule has 1 aromatic carbocycles. The van der Waals surface area contributed by atoms with Crippen molar-refractivity contribution < 1.29 is 4.79 Å². The van der Waals surface area contributed by atoms with Gasteiger partial charge < -0.3 is 5.32 Å². The zero-order valence-electron chi connectivity index (χ0n) is 19.3. The third-order valence-electron chi connectivity index (χ3n) is 5.77. The molecule has 0 aromatic heterocycles. The standard InChI is InChI=1S/C26H43N3O/c1-2-3-4-5-6-7-8-9-10-11-12-13-14-15-16-17-18-19-26(30)28-24-20-22-25(29-27)23-21-24/h20-23H,2-19H2,1H3/p+1. The molecule has 0 unspecified atom stereocenters. The van der Waals surface area contributed by atoms with Gasteiger partial charge in [0.15, 0.2) is 4.98 Å². The van der Waals surface area contributed by atoms with Crippen molar-refractivity contribution in [1.29, 1.82) is 5.39 Å². The maximum atomic E-state index is 11.9.